The van der Waals surface area contributed by atoms with E-state index in [2.05, 4.69) is 26.9 Å². The molecule has 2 aliphatic rings. The number of hydrogen-bond acceptors (Lipinski definition) is 6. The summed E-state index contributed by atoms with van der Waals surface area (Å²) >= 11 is 0. The van der Waals surface area contributed by atoms with E-state index < -0.39 is 10.0 Å². The number of rotatable bonds is 4. The van der Waals surface area contributed by atoms with Crippen LogP contribution in [0.25, 0.3) is 0 Å². The Balaban J connectivity index is 1.37. The van der Waals surface area contributed by atoms with Crippen LogP contribution in [0.5, 0.6) is 0 Å². The van der Waals surface area contributed by atoms with Gasteiger partial charge >= 0.3 is 0 Å². The van der Waals surface area contributed by atoms with Crippen molar-refractivity contribution in [1.29, 1.82) is 0 Å². The van der Waals surface area contributed by atoms with Crippen molar-refractivity contribution in [2.75, 3.05) is 49.1 Å². The lowest BCUT2D eigenvalue weighted by Gasteiger charge is -2.35. The monoisotopic (exact) mass is 401 g/mol. The molecule has 0 amide bonds. The zero-order valence-corrected chi connectivity index (χ0v) is 17.1. The lowest BCUT2D eigenvalue weighted by molar-refractivity contribution is 0.383. The minimum absolute atomic E-state index is 0.350. The van der Waals surface area contributed by atoms with Gasteiger partial charge in [-0.15, -0.1) is 10.2 Å². The molecule has 0 atom stereocenters. The van der Waals surface area contributed by atoms with Crippen molar-refractivity contribution in [3.63, 3.8) is 0 Å². The molecule has 4 rings (SSSR count). The maximum atomic E-state index is 12.7. The Morgan fingerprint density at radius 3 is 1.86 bits per heavy atom. The first kappa shape index (κ1) is 19.1. The fraction of sp³-hybridized carbons (Fsp3) is 0.500. The molecule has 28 heavy (non-hydrogen) atoms. The van der Waals surface area contributed by atoms with Gasteiger partial charge < -0.3 is 9.80 Å². The van der Waals surface area contributed by atoms with Crippen LogP contribution in [-0.2, 0) is 10.0 Å². The molecule has 0 spiro atoms. The molecule has 2 fully saturated rings. The predicted molar refractivity (Wildman–Crippen MR) is 110 cm³/mol. The van der Waals surface area contributed by atoms with Crippen LogP contribution < -0.4 is 9.80 Å². The van der Waals surface area contributed by atoms with Crippen LogP contribution >= 0.6 is 0 Å². The zero-order valence-electron chi connectivity index (χ0n) is 16.2. The molecule has 0 radical (unpaired) electrons. The van der Waals surface area contributed by atoms with Gasteiger partial charge in [0.1, 0.15) is 0 Å². The molecule has 0 saturated carbocycles. The van der Waals surface area contributed by atoms with Crippen LogP contribution in [0.15, 0.2) is 47.4 Å². The van der Waals surface area contributed by atoms with Gasteiger partial charge in [-0.1, -0.05) is 25.1 Å². The second kappa shape index (κ2) is 8.05. The molecule has 0 unspecified atom stereocenters. The third-order valence-corrected chi connectivity index (χ3v) is 7.60. The summed E-state index contributed by atoms with van der Waals surface area (Å²) < 4.78 is 27.0. The first-order valence-corrected chi connectivity index (χ1v) is 11.4. The predicted octanol–water partition coefficient (Wildman–Crippen LogP) is 2.22. The third kappa shape index (κ3) is 3.98. The summed E-state index contributed by atoms with van der Waals surface area (Å²) in [6.07, 6.45) is 2.39. The van der Waals surface area contributed by atoms with Gasteiger partial charge in [-0.3, -0.25) is 0 Å². The molecule has 0 N–H and O–H groups in total. The fourth-order valence-electron chi connectivity index (χ4n) is 3.79. The summed E-state index contributed by atoms with van der Waals surface area (Å²) in [7, 11) is -3.43. The van der Waals surface area contributed by atoms with Crippen LogP contribution in [0.4, 0.5) is 11.6 Å². The van der Waals surface area contributed by atoms with Crippen molar-refractivity contribution in [2.45, 2.75) is 24.7 Å². The molecule has 2 saturated heterocycles. The average Bonchev–Trinajstić information content (AvgIpc) is 2.75. The molecule has 1 aromatic carbocycles. The van der Waals surface area contributed by atoms with Crippen LogP contribution in [-0.4, -0.2) is 62.2 Å². The van der Waals surface area contributed by atoms with Gasteiger partial charge in [0.2, 0.25) is 10.0 Å². The van der Waals surface area contributed by atoms with Crippen molar-refractivity contribution < 1.29 is 8.42 Å². The quantitative estimate of drug-likeness (QED) is 0.783. The van der Waals surface area contributed by atoms with Crippen molar-refractivity contribution in [2.24, 2.45) is 5.92 Å². The normalized spacial score (nSPS) is 19.8. The lowest BCUT2D eigenvalue weighted by Crippen LogP contribution is -2.49. The van der Waals surface area contributed by atoms with Crippen LogP contribution in [0, 0.1) is 5.92 Å². The Morgan fingerprint density at radius 1 is 0.786 bits per heavy atom. The second-order valence-corrected chi connectivity index (χ2v) is 9.56. The summed E-state index contributed by atoms with van der Waals surface area (Å²) in [5, 5.41) is 8.83. The van der Waals surface area contributed by atoms with Crippen LogP contribution in [0.2, 0.25) is 0 Å². The molecule has 2 aromatic rings. The number of anilines is 2. The summed E-state index contributed by atoms with van der Waals surface area (Å²) in [6, 6.07) is 12.7. The molecule has 3 heterocycles. The number of benzene rings is 1. The lowest BCUT2D eigenvalue weighted by atomic mass is 9.99. The van der Waals surface area contributed by atoms with Gasteiger partial charge in [0.25, 0.3) is 0 Å². The maximum absolute atomic E-state index is 12.7. The van der Waals surface area contributed by atoms with Crippen LogP contribution in [0.3, 0.4) is 0 Å². The molecule has 150 valence electrons. The van der Waals surface area contributed by atoms with Crippen molar-refractivity contribution in [1.82, 2.24) is 14.5 Å². The van der Waals surface area contributed by atoms with Gasteiger partial charge in [0.15, 0.2) is 11.6 Å². The standard InChI is InChI=1S/C20H27N5O2S/c1-17-9-11-23(12-10-17)19-7-8-20(22-21-19)24-13-15-25(16-14-24)28(26,27)18-5-3-2-4-6-18/h2-8,17H,9-16H2,1H3. The number of aromatic nitrogens is 2. The first-order chi connectivity index (χ1) is 13.5. The molecule has 0 aliphatic carbocycles. The largest absolute Gasteiger partial charge is 0.355 e. The highest BCUT2D eigenvalue weighted by atomic mass is 32.2. The van der Waals surface area contributed by atoms with Crippen molar-refractivity contribution in [3.05, 3.63) is 42.5 Å². The average molecular weight is 402 g/mol. The molecule has 2 aliphatic heterocycles. The second-order valence-electron chi connectivity index (χ2n) is 7.62. The minimum Gasteiger partial charge on any atom is -0.355 e. The molecular weight excluding hydrogens is 374 g/mol. The summed E-state index contributed by atoms with van der Waals surface area (Å²) in [4.78, 5) is 4.75. The Bertz CT molecular complexity index is 873. The van der Waals surface area contributed by atoms with E-state index in [1.807, 2.05) is 18.2 Å². The van der Waals surface area contributed by atoms with E-state index in [1.54, 1.807) is 28.6 Å². The topological polar surface area (TPSA) is 69.6 Å². The summed E-state index contributed by atoms with van der Waals surface area (Å²) in [5.41, 5.74) is 0. The molecular formula is C20H27N5O2S. The van der Waals surface area contributed by atoms with Crippen molar-refractivity contribution in [3.8, 4) is 0 Å². The fourth-order valence-corrected chi connectivity index (χ4v) is 5.24. The van der Waals surface area contributed by atoms with Crippen molar-refractivity contribution >= 4 is 21.7 Å². The first-order valence-electron chi connectivity index (χ1n) is 9.93. The van der Waals surface area contributed by atoms with Gasteiger partial charge in [0.05, 0.1) is 4.90 Å². The highest BCUT2D eigenvalue weighted by Crippen LogP contribution is 2.23. The Labute approximate surface area is 167 Å². The Kier molecular flexibility index (Phi) is 5.50. The zero-order chi connectivity index (χ0) is 19.6. The number of sulfonamides is 1. The van der Waals surface area contributed by atoms with E-state index in [-0.39, 0.29) is 0 Å². The smallest absolute Gasteiger partial charge is 0.243 e. The number of piperazine rings is 1. The van der Waals surface area contributed by atoms with E-state index in [4.69, 9.17) is 0 Å². The summed E-state index contributed by atoms with van der Waals surface area (Å²) in [5.74, 6) is 2.53. The SMILES string of the molecule is CC1CCN(c2ccc(N3CCN(S(=O)(=O)c4ccccc4)CC3)nn2)CC1. The highest BCUT2D eigenvalue weighted by molar-refractivity contribution is 7.89. The van der Waals surface area contributed by atoms with E-state index in [0.717, 1.165) is 30.6 Å². The van der Waals surface area contributed by atoms with Gasteiger partial charge in [-0.05, 0) is 43.0 Å². The molecule has 1 aromatic heterocycles. The van der Waals surface area contributed by atoms with E-state index in [9.17, 15) is 8.42 Å². The molecule has 0 bridgehead atoms. The van der Waals surface area contributed by atoms with Gasteiger partial charge in [0, 0.05) is 39.3 Å². The van der Waals surface area contributed by atoms with Crippen LogP contribution in [0.1, 0.15) is 19.8 Å². The van der Waals surface area contributed by atoms with E-state index >= 15 is 0 Å². The van der Waals surface area contributed by atoms with Gasteiger partial charge in [-0.2, -0.15) is 4.31 Å². The number of nitrogens with zero attached hydrogens (tertiary/aromatic N) is 5. The third-order valence-electron chi connectivity index (χ3n) is 5.69. The Hall–Kier alpha value is -2.19. The maximum Gasteiger partial charge on any atom is 0.243 e. The highest BCUT2D eigenvalue weighted by Gasteiger charge is 2.29. The minimum atomic E-state index is -3.43. The number of piperidine rings is 1. The van der Waals surface area contributed by atoms with E-state index in [0.29, 0.717) is 31.1 Å². The number of hydrogen-bond donors (Lipinski definition) is 0. The Morgan fingerprint density at radius 2 is 1.32 bits per heavy atom. The van der Waals surface area contributed by atoms with Gasteiger partial charge in [-0.25, -0.2) is 8.42 Å². The molecule has 8 heteroatoms. The molecule has 7 nitrogen and oxygen atoms in total. The summed E-state index contributed by atoms with van der Waals surface area (Å²) in [6.45, 7) is 6.48. The van der Waals surface area contributed by atoms with E-state index in [1.165, 1.54) is 12.8 Å².